The maximum Gasteiger partial charge on any atom is 0.228 e. The Morgan fingerprint density at radius 2 is 1.86 bits per heavy atom. The first kappa shape index (κ1) is 24.1. The summed E-state index contributed by atoms with van der Waals surface area (Å²) in [6.07, 6.45) is 9.25. The summed E-state index contributed by atoms with van der Waals surface area (Å²) < 4.78 is 1.53. The van der Waals surface area contributed by atoms with Gasteiger partial charge in [0.1, 0.15) is 11.3 Å². The molecule has 1 N–H and O–H groups in total. The number of carbonyl (C=O) groups excluding carboxylic acids is 1. The van der Waals surface area contributed by atoms with E-state index in [0.717, 1.165) is 17.8 Å². The molecule has 1 aliphatic rings. The van der Waals surface area contributed by atoms with Gasteiger partial charge in [0.15, 0.2) is 5.82 Å². The SMILES string of the molecule is CN(C)[C@H]1CCN(c2ccc(Nc3ncc(Cl)c(-c4cnn(-c5ncncc5Cl)c4)n3)cc2)C(=O)C1. The number of nitrogens with zero attached hydrogens (tertiary/aromatic N) is 8. The van der Waals surface area contributed by atoms with E-state index < -0.39 is 0 Å². The molecule has 1 aliphatic heterocycles. The molecule has 1 fully saturated rings. The second-order valence-electron chi connectivity index (χ2n) is 8.59. The average Bonchev–Trinajstić information content (AvgIpc) is 3.36. The Labute approximate surface area is 217 Å². The highest BCUT2D eigenvalue weighted by Crippen LogP contribution is 2.29. The molecule has 1 aromatic carbocycles. The number of rotatable bonds is 6. The standard InChI is InChI=1S/C24H23Cl2N9O/c1-33(2)18-7-8-34(21(36)9-18)17-5-3-16(4-6-17)31-24-28-12-19(25)22(32-24)15-10-30-35(13-15)23-20(26)11-27-14-29-23/h3-6,10-14,18H,7-9H2,1-2H3,(H,28,31,32)/t18-/m0/s1. The van der Waals surface area contributed by atoms with E-state index in [2.05, 4.69) is 35.3 Å². The van der Waals surface area contributed by atoms with Gasteiger partial charge in [0, 0.05) is 42.1 Å². The van der Waals surface area contributed by atoms with Gasteiger partial charge in [-0.15, -0.1) is 0 Å². The molecule has 0 bridgehead atoms. The molecule has 4 aromatic rings. The van der Waals surface area contributed by atoms with Gasteiger partial charge in [-0.25, -0.2) is 24.6 Å². The number of hydrogen-bond acceptors (Lipinski definition) is 8. The average molecular weight is 524 g/mol. The molecule has 12 heteroatoms. The number of anilines is 3. The molecule has 36 heavy (non-hydrogen) atoms. The van der Waals surface area contributed by atoms with E-state index in [1.165, 1.54) is 23.4 Å². The highest BCUT2D eigenvalue weighted by atomic mass is 35.5. The van der Waals surface area contributed by atoms with Crippen LogP contribution in [0.2, 0.25) is 10.0 Å². The van der Waals surface area contributed by atoms with Gasteiger partial charge in [-0.2, -0.15) is 5.10 Å². The Balaban J connectivity index is 1.31. The Hall–Kier alpha value is -3.60. The Bertz CT molecular complexity index is 1390. The molecule has 0 aliphatic carbocycles. The highest BCUT2D eigenvalue weighted by molar-refractivity contribution is 6.33. The third-order valence-corrected chi connectivity index (χ3v) is 6.57. The van der Waals surface area contributed by atoms with E-state index in [4.69, 9.17) is 23.2 Å². The van der Waals surface area contributed by atoms with Crippen LogP contribution in [0.5, 0.6) is 0 Å². The highest BCUT2D eigenvalue weighted by Gasteiger charge is 2.27. The number of hydrogen-bond donors (Lipinski definition) is 1. The fraction of sp³-hybridized carbons (Fsp3) is 0.250. The van der Waals surface area contributed by atoms with Gasteiger partial charge in [-0.3, -0.25) is 4.79 Å². The van der Waals surface area contributed by atoms with Crippen LogP contribution >= 0.6 is 23.2 Å². The van der Waals surface area contributed by atoms with Crippen molar-refractivity contribution in [3.8, 4) is 17.1 Å². The predicted molar refractivity (Wildman–Crippen MR) is 139 cm³/mol. The van der Waals surface area contributed by atoms with Crippen molar-refractivity contribution in [2.75, 3.05) is 30.9 Å². The van der Waals surface area contributed by atoms with E-state index in [0.29, 0.717) is 46.0 Å². The molecule has 4 heterocycles. The molecule has 0 radical (unpaired) electrons. The van der Waals surface area contributed by atoms with Gasteiger partial charge in [-0.1, -0.05) is 23.2 Å². The summed E-state index contributed by atoms with van der Waals surface area (Å²) in [5, 5.41) is 8.26. The molecule has 1 atom stereocenters. The molecule has 3 aromatic heterocycles. The number of nitrogens with one attached hydrogen (secondary N) is 1. The van der Waals surface area contributed by atoms with Crippen LogP contribution in [0.3, 0.4) is 0 Å². The van der Waals surface area contributed by atoms with Crippen LogP contribution in [-0.2, 0) is 4.79 Å². The minimum Gasteiger partial charge on any atom is -0.324 e. The first-order valence-corrected chi connectivity index (χ1v) is 12.0. The van der Waals surface area contributed by atoms with Crippen molar-refractivity contribution in [3.63, 3.8) is 0 Å². The fourth-order valence-corrected chi connectivity index (χ4v) is 4.44. The molecular weight excluding hydrogens is 501 g/mol. The zero-order valence-electron chi connectivity index (χ0n) is 19.6. The number of benzene rings is 1. The van der Waals surface area contributed by atoms with Gasteiger partial charge in [0.25, 0.3) is 0 Å². The summed E-state index contributed by atoms with van der Waals surface area (Å²) in [5.74, 6) is 0.957. The molecule has 0 saturated carbocycles. The zero-order valence-corrected chi connectivity index (χ0v) is 21.1. The number of amides is 1. The molecule has 1 amide bonds. The third kappa shape index (κ3) is 5.01. The number of aromatic nitrogens is 6. The lowest BCUT2D eigenvalue weighted by Crippen LogP contribution is -2.45. The normalized spacial score (nSPS) is 16.0. The maximum atomic E-state index is 12.6. The third-order valence-electron chi connectivity index (χ3n) is 6.03. The van der Waals surface area contributed by atoms with Crippen LogP contribution < -0.4 is 10.2 Å². The molecule has 0 unspecified atom stereocenters. The lowest BCUT2D eigenvalue weighted by Gasteiger charge is -2.34. The van der Waals surface area contributed by atoms with Crippen molar-refractivity contribution in [1.29, 1.82) is 0 Å². The summed E-state index contributed by atoms with van der Waals surface area (Å²) in [7, 11) is 4.02. The van der Waals surface area contributed by atoms with Crippen LogP contribution in [0.4, 0.5) is 17.3 Å². The van der Waals surface area contributed by atoms with Crippen molar-refractivity contribution < 1.29 is 4.79 Å². The Morgan fingerprint density at radius 3 is 2.58 bits per heavy atom. The smallest absolute Gasteiger partial charge is 0.228 e. The monoisotopic (exact) mass is 523 g/mol. The molecule has 0 spiro atoms. The van der Waals surface area contributed by atoms with Crippen LogP contribution in [0, 0.1) is 0 Å². The summed E-state index contributed by atoms with van der Waals surface area (Å²) >= 11 is 12.6. The molecule has 184 valence electrons. The van der Waals surface area contributed by atoms with E-state index in [1.807, 2.05) is 43.3 Å². The van der Waals surface area contributed by atoms with Crippen molar-refractivity contribution in [2.45, 2.75) is 18.9 Å². The minimum absolute atomic E-state index is 0.134. The van der Waals surface area contributed by atoms with E-state index in [9.17, 15) is 4.79 Å². The summed E-state index contributed by atoms with van der Waals surface area (Å²) in [6.45, 7) is 0.700. The van der Waals surface area contributed by atoms with Crippen LogP contribution in [0.1, 0.15) is 12.8 Å². The second kappa shape index (κ2) is 10.2. The number of piperidine rings is 1. The van der Waals surface area contributed by atoms with Crippen molar-refractivity contribution >= 4 is 46.4 Å². The minimum atomic E-state index is 0.134. The largest absolute Gasteiger partial charge is 0.324 e. The summed E-state index contributed by atoms with van der Waals surface area (Å²) in [4.78, 5) is 33.5. The van der Waals surface area contributed by atoms with Gasteiger partial charge < -0.3 is 15.1 Å². The number of halogens is 2. The Kier molecular flexibility index (Phi) is 6.82. The van der Waals surface area contributed by atoms with Crippen molar-refractivity contribution in [1.82, 2.24) is 34.6 Å². The van der Waals surface area contributed by atoms with Gasteiger partial charge in [0.05, 0.1) is 29.3 Å². The zero-order chi connectivity index (χ0) is 25.2. The van der Waals surface area contributed by atoms with Crippen LogP contribution in [0.15, 0.2) is 55.4 Å². The maximum absolute atomic E-state index is 12.6. The summed E-state index contributed by atoms with van der Waals surface area (Å²) in [5.41, 5.74) is 2.84. The molecule has 1 saturated heterocycles. The topological polar surface area (TPSA) is 105 Å². The lowest BCUT2D eigenvalue weighted by molar-refractivity contribution is -0.120. The fourth-order valence-electron chi connectivity index (χ4n) is 4.05. The first-order chi connectivity index (χ1) is 17.4. The van der Waals surface area contributed by atoms with E-state index in [-0.39, 0.29) is 11.9 Å². The first-order valence-electron chi connectivity index (χ1n) is 11.3. The summed E-state index contributed by atoms with van der Waals surface area (Å²) in [6, 6.07) is 7.92. The number of carbonyl (C=O) groups is 1. The molecule has 5 rings (SSSR count). The van der Waals surface area contributed by atoms with Crippen molar-refractivity contribution in [2.24, 2.45) is 0 Å². The van der Waals surface area contributed by atoms with Crippen LogP contribution in [-0.4, -0.2) is 67.2 Å². The van der Waals surface area contributed by atoms with Gasteiger partial charge in [-0.05, 0) is 44.8 Å². The van der Waals surface area contributed by atoms with E-state index >= 15 is 0 Å². The molecular formula is C24H23Cl2N9O. The Morgan fingerprint density at radius 1 is 1.06 bits per heavy atom. The second-order valence-corrected chi connectivity index (χ2v) is 9.40. The van der Waals surface area contributed by atoms with E-state index in [1.54, 1.807) is 12.4 Å². The molecule has 10 nitrogen and oxygen atoms in total. The predicted octanol–water partition coefficient (Wildman–Crippen LogP) is 4.23. The van der Waals surface area contributed by atoms with Gasteiger partial charge in [0.2, 0.25) is 11.9 Å². The van der Waals surface area contributed by atoms with Crippen LogP contribution in [0.25, 0.3) is 17.1 Å². The lowest BCUT2D eigenvalue weighted by atomic mass is 10.0. The van der Waals surface area contributed by atoms with Crippen molar-refractivity contribution in [3.05, 3.63) is 65.4 Å². The quantitative estimate of drug-likeness (QED) is 0.400. The van der Waals surface area contributed by atoms with Gasteiger partial charge >= 0.3 is 0 Å².